The lowest BCUT2D eigenvalue weighted by Crippen LogP contribution is -2.24. The first-order valence-electron chi connectivity index (χ1n) is 5.47. The van der Waals surface area contributed by atoms with Crippen LogP contribution < -0.4 is 0 Å². The minimum Gasteiger partial charge on any atom is -0.359 e. The van der Waals surface area contributed by atoms with Gasteiger partial charge in [0, 0.05) is 0 Å². The lowest BCUT2D eigenvalue weighted by atomic mass is 9.78. The summed E-state index contributed by atoms with van der Waals surface area (Å²) in [5, 5.41) is 0. The molecule has 1 nitrogen and oxygen atoms in total. The van der Waals surface area contributed by atoms with Gasteiger partial charge in [-0.05, 0) is 38.0 Å². The first kappa shape index (κ1) is 7.37. The number of hydrogen-bond donors (Lipinski definition) is 0. The van der Waals surface area contributed by atoms with Crippen molar-refractivity contribution in [1.82, 2.24) is 0 Å². The molecule has 0 aromatic heterocycles. The smallest absolute Gasteiger partial charge is 0.130 e. The summed E-state index contributed by atoms with van der Waals surface area (Å²) >= 11 is 0. The van der Waals surface area contributed by atoms with E-state index in [1.54, 1.807) is 0 Å². The van der Waals surface area contributed by atoms with Crippen molar-refractivity contribution in [1.29, 1.82) is 0 Å². The number of epoxide rings is 1. The lowest BCUT2D eigenvalue weighted by Gasteiger charge is -2.26. The second kappa shape index (κ2) is 2.47. The summed E-state index contributed by atoms with van der Waals surface area (Å²) in [5.41, 5.74) is 0.348. The van der Waals surface area contributed by atoms with Gasteiger partial charge in [0.1, 0.15) is 11.7 Å². The van der Waals surface area contributed by atoms with Crippen LogP contribution in [0.3, 0.4) is 0 Å². The van der Waals surface area contributed by atoms with Gasteiger partial charge in [0.15, 0.2) is 0 Å². The summed E-state index contributed by atoms with van der Waals surface area (Å²) in [6.07, 6.45) is 12.7. The van der Waals surface area contributed by atoms with Crippen LogP contribution in [-0.2, 0) is 4.74 Å². The average Bonchev–Trinajstić information content (AvgIpc) is 2.72. The lowest BCUT2D eigenvalue weighted by molar-refractivity contribution is 0.158. The molecule has 1 heterocycles. The quantitative estimate of drug-likeness (QED) is 0.544. The molecular formula is C11H17O. The topological polar surface area (TPSA) is 12.5 Å². The molecule has 0 bridgehead atoms. The average molecular weight is 165 g/mol. The number of ether oxygens (including phenoxy) is 1. The standard InChI is InChI=1S/C11H17O/c1-2-5-9(6-3-1)11-8-4-7-10(11)12-11/h9H,1-8H2. The zero-order valence-corrected chi connectivity index (χ0v) is 7.64. The molecule has 3 fully saturated rings. The third-order valence-corrected chi connectivity index (χ3v) is 3.95. The second-order valence-electron chi connectivity index (χ2n) is 4.60. The molecule has 0 aromatic rings. The molecule has 0 aromatic carbocycles. The summed E-state index contributed by atoms with van der Waals surface area (Å²) in [7, 11) is 0. The summed E-state index contributed by atoms with van der Waals surface area (Å²) in [6, 6.07) is 0. The van der Waals surface area contributed by atoms with Gasteiger partial charge >= 0.3 is 0 Å². The molecule has 2 aliphatic carbocycles. The molecule has 1 aliphatic heterocycles. The highest BCUT2D eigenvalue weighted by atomic mass is 16.6. The molecule has 0 amide bonds. The molecule has 1 heteroatoms. The molecule has 0 N–H and O–H groups in total. The van der Waals surface area contributed by atoms with E-state index in [0.29, 0.717) is 5.60 Å². The van der Waals surface area contributed by atoms with Crippen LogP contribution in [0.5, 0.6) is 0 Å². The minimum atomic E-state index is 0.348. The van der Waals surface area contributed by atoms with E-state index < -0.39 is 0 Å². The summed E-state index contributed by atoms with van der Waals surface area (Å²) in [4.78, 5) is 0. The number of fused-ring (bicyclic) bond motifs is 1. The predicted molar refractivity (Wildman–Crippen MR) is 47.5 cm³/mol. The highest BCUT2D eigenvalue weighted by Gasteiger charge is 2.64. The van der Waals surface area contributed by atoms with Gasteiger partial charge in [0.2, 0.25) is 0 Å². The van der Waals surface area contributed by atoms with Crippen molar-refractivity contribution in [2.45, 2.75) is 57.0 Å². The van der Waals surface area contributed by atoms with Gasteiger partial charge in [0.05, 0.1) is 0 Å². The molecule has 12 heavy (non-hydrogen) atoms. The Kier molecular flexibility index (Phi) is 1.52. The third kappa shape index (κ3) is 0.891. The van der Waals surface area contributed by atoms with Gasteiger partial charge in [0.25, 0.3) is 0 Å². The Balaban J connectivity index is 1.71. The number of hydrogen-bond acceptors (Lipinski definition) is 1. The van der Waals surface area contributed by atoms with E-state index in [2.05, 4.69) is 0 Å². The van der Waals surface area contributed by atoms with Crippen molar-refractivity contribution in [3.63, 3.8) is 0 Å². The molecular weight excluding hydrogens is 148 g/mol. The van der Waals surface area contributed by atoms with Gasteiger partial charge in [-0.1, -0.05) is 19.3 Å². The van der Waals surface area contributed by atoms with Gasteiger partial charge in [-0.2, -0.15) is 0 Å². The van der Waals surface area contributed by atoms with Crippen LogP contribution in [0.4, 0.5) is 0 Å². The Morgan fingerprint density at radius 1 is 1.08 bits per heavy atom. The van der Waals surface area contributed by atoms with Crippen molar-refractivity contribution in [3.05, 3.63) is 6.10 Å². The molecule has 2 saturated carbocycles. The SMILES string of the molecule is C1CCC(C23CCC[C]2O3)CC1. The van der Waals surface area contributed by atoms with Crippen LogP contribution in [0.25, 0.3) is 0 Å². The van der Waals surface area contributed by atoms with Crippen molar-refractivity contribution in [3.8, 4) is 0 Å². The van der Waals surface area contributed by atoms with E-state index in [-0.39, 0.29) is 0 Å². The van der Waals surface area contributed by atoms with Crippen molar-refractivity contribution < 1.29 is 4.74 Å². The highest BCUT2D eigenvalue weighted by molar-refractivity contribution is 5.24. The molecule has 67 valence electrons. The predicted octanol–water partition coefficient (Wildman–Crippen LogP) is 3.05. The zero-order chi connectivity index (χ0) is 8.02. The zero-order valence-electron chi connectivity index (χ0n) is 7.64. The van der Waals surface area contributed by atoms with Crippen molar-refractivity contribution in [2.75, 3.05) is 0 Å². The fraction of sp³-hybridized carbons (Fsp3) is 0.909. The van der Waals surface area contributed by atoms with Crippen LogP contribution in [0, 0.1) is 12.0 Å². The van der Waals surface area contributed by atoms with Crippen LogP contribution in [0.2, 0.25) is 0 Å². The normalized spacial score (nSPS) is 43.0. The largest absolute Gasteiger partial charge is 0.359 e. The number of rotatable bonds is 1. The third-order valence-electron chi connectivity index (χ3n) is 3.95. The molecule has 3 aliphatic rings. The molecule has 1 saturated heterocycles. The van der Waals surface area contributed by atoms with Crippen molar-refractivity contribution >= 4 is 0 Å². The van der Waals surface area contributed by atoms with E-state index in [1.165, 1.54) is 57.5 Å². The first-order valence-corrected chi connectivity index (χ1v) is 5.47. The molecule has 0 spiro atoms. The Morgan fingerprint density at radius 2 is 1.92 bits per heavy atom. The summed E-state index contributed by atoms with van der Waals surface area (Å²) in [6.45, 7) is 0. The highest BCUT2D eigenvalue weighted by Crippen LogP contribution is 2.62. The van der Waals surface area contributed by atoms with Crippen LogP contribution >= 0.6 is 0 Å². The Bertz CT molecular complexity index is 183. The van der Waals surface area contributed by atoms with Crippen molar-refractivity contribution in [2.24, 2.45) is 5.92 Å². The maximum absolute atomic E-state index is 5.80. The fourth-order valence-electron chi connectivity index (χ4n) is 3.24. The van der Waals surface area contributed by atoms with Gasteiger partial charge in [-0.15, -0.1) is 0 Å². The van der Waals surface area contributed by atoms with Crippen LogP contribution in [0.1, 0.15) is 51.4 Å². The first-order chi connectivity index (χ1) is 5.92. The van der Waals surface area contributed by atoms with Crippen LogP contribution in [0.15, 0.2) is 0 Å². The van der Waals surface area contributed by atoms with E-state index in [9.17, 15) is 0 Å². The molecule has 1 atom stereocenters. The van der Waals surface area contributed by atoms with E-state index in [1.807, 2.05) is 0 Å². The molecule has 3 rings (SSSR count). The Hall–Kier alpha value is -0.0400. The Morgan fingerprint density at radius 3 is 2.50 bits per heavy atom. The van der Waals surface area contributed by atoms with Gasteiger partial charge in [-0.25, -0.2) is 0 Å². The maximum atomic E-state index is 5.80. The van der Waals surface area contributed by atoms with E-state index in [4.69, 9.17) is 4.74 Å². The summed E-state index contributed by atoms with van der Waals surface area (Å²) in [5.74, 6) is 0.906. The van der Waals surface area contributed by atoms with E-state index >= 15 is 0 Å². The molecule has 1 unspecified atom stereocenters. The monoisotopic (exact) mass is 165 g/mol. The fourth-order valence-corrected chi connectivity index (χ4v) is 3.24. The molecule has 1 radical (unpaired) electrons. The summed E-state index contributed by atoms with van der Waals surface area (Å²) < 4.78 is 5.80. The maximum Gasteiger partial charge on any atom is 0.130 e. The van der Waals surface area contributed by atoms with Crippen LogP contribution in [-0.4, -0.2) is 5.60 Å². The second-order valence-corrected chi connectivity index (χ2v) is 4.60. The van der Waals surface area contributed by atoms with E-state index in [0.717, 1.165) is 5.92 Å². The minimum absolute atomic E-state index is 0.348. The van der Waals surface area contributed by atoms with Gasteiger partial charge < -0.3 is 4.74 Å². The van der Waals surface area contributed by atoms with Gasteiger partial charge in [-0.3, -0.25) is 0 Å². The Labute approximate surface area is 74.5 Å².